The summed E-state index contributed by atoms with van der Waals surface area (Å²) in [5.41, 5.74) is 1.51. The third kappa shape index (κ3) is 3.32. The molecule has 1 fully saturated rings. The number of tetrazole rings is 1. The molecule has 0 radical (unpaired) electrons. The van der Waals surface area contributed by atoms with Gasteiger partial charge in [-0.25, -0.2) is 0 Å². The minimum absolute atomic E-state index is 0.238. The van der Waals surface area contributed by atoms with E-state index in [1.165, 1.54) is 0 Å². The third-order valence-corrected chi connectivity index (χ3v) is 6.10. The lowest BCUT2D eigenvalue weighted by molar-refractivity contribution is 0.174. The zero-order valence-corrected chi connectivity index (χ0v) is 17.2. The minimum atomic E-state index is -0.360. The van der Waals surface area contributed by atoms with E-state index in [9.17, 15) is 0 Å². The van der Waals surface area contributed by atoms with Crippen LogP contribution < -0.4 is 19.5 Å². The standard InChI is InChI=1S/C22H25N5O3/c1-15-9-11-22(12-10-15,23-16-3-6-18(28-2)7-4-16)21-24-25-26-27(21)17-5-8-19-20(13-17)30-14-29-19/h3-8,13,15,23H,9-12,14H2,1-2H3. The van der Waals surface area contributed by atoms with Crippen molar-refractivity contribution in [2.45, 2.75) is 38.1 Å². The van der Waals surface area contributed by atoms with Crippen molar-refractivity contribution in [3.63, 3.8) is 0 Å². The zero-order valence-electron chi connectivity index (χ0n) is 17.2. The summed E-state index contributed by atoms with van der Waals surface area (Å²) >= 11 is 0. The Morgan fingerprint density at radius 1 is 1.07 bits per heavy atom. The van der Waals surface area contributed by atoms with E-state index < -0.39 is 0 Å². The Balaban J connectivity index is 1.53. The summed E-state index contributed by atoms with van der Waals surface area (Å²) in [6.45, 7) is 2.54. The van der Waals surface area contributed by atoms with E-state index in [1.54, 1.807) is 7.11 Å². The molecule has 0 spiro atoms. The van der Waals surface area contributed by atoms with Crippen molar-refractivity contribution in [3.8, 4) is 22.9 Å². The first-order valence-corrected chi connectivity index (χ1v) is 10.3. The number of rotatable bonds is 5. The van der Waals surface area contributed by atoms with Gasteiger partial charge in [-0.1, -0.05) is 6.92 Å². The molecule has 1 saturated carbocycles. The predicted octanol–water partition coefficient (Wildman–Crippen LogP) is 3.92. The van der Waals surface area contributed by atoms with E-state index >= 15 is 0 Å². The van der Waals surface area contributed by atoms with Crippen molar-refractivity contribution < 1.29 is 14.2 Å². The molecular weight excluding hydrogens is 382 g/mol. The average molecular weight is 407 g/mol. The van der Waals surface area contributed by atoms with Gasteiger partial charge in [0.1, 0.15) is 5.75 Å². The SMILES string of the molecule is COc1ccc(NC2(c3nnnn3-c3ccc4c(c3)OCO4)CCC(C)CC2)cc1. The number of ether oxygens (including phenoxy) is 3. The number of anilines is 1. The average Bonchev–Trinajstić information content (AvgIpc) is 3.45. The number of fused-ring (bicyclic) bond motifs is 1. The largest absolute Gasteiger partial charge is 0.497 e. The molecule has 1 N–H and O–H groups in total. The molecular formula is C22H25N5O3. The van der Waals surface area contributed by atoms with Gasteiger partial charge in [-0.05, 0) is 78.4 Å². The Morgan fingerprint density at radius 3 is 2.60 bits per heavy atom. The van der Waals surface area contributed by atoms with Crippen LogP contribution in [0.5, 0.6) is 17.2 Å². The third-order valence-electron chi connectivity index (χ3n) is 6.10. The molecule has 5 rings (SSSR count). The van der Waals surface area contributed by atoms with E-state index in [2.05, 4.69) is 27.8 Å². The molecule has 156 valence electrons. The second kappa shape index (κ2) is 7.51. The van der Waals surface area contributed by atoms with Crippen molar-refractivity contribution in [1.82, 2.24) is 20.2 Å². The first-order chi connectivity index (χ1) is 14.7. The van der Waals surface area contributed by atoms with Crippen LogP contribution in [0.15, 0.2) is 42.5 Å². The maximum Gasteiger partial charge on any atom is 0.231 e. The molecule has 0 atom stereocenters. The van der Waals surface area contributed by atoms with Gasteiger partial charge in [-0.2, -0.15) is 4.68 Å². The van der Waals surface area contributed by atoms with E-state index in [4.69, 9.17) is 14.2 Å². The van der Waals surface area contributed by atoms with Gasteiger partial charge < -0.3 is 19.5 Å². The first kappa shape index (κ1) is 18.7. The number of nitrogens with one attached hydrogen (secondary N) is 1. The minimum Gasteiger partial charge on any atom is -0.497 e. The van der Waals surface area contributed by atoms with Gasteiger partial charge in [0.15, 0.2) is 17.3 Å². The molecule has 0 bridgehead atoms. The Bertz CT molecular complexity index is 1030. The lowest BCUT2D eigenvalue weighted by Crippen LogP contribution is -2.41. The second-order valence-electron chi connectivity index (χ2n) is 8.07. The highest BCUT2D eigenvalue weighted by Crippen LogP contribution is 2.42. The summed E-state index contributed by atoms with van der Waals surface area (Å²) in [5, 5.41) is 16.6. The van der Waals surface area contributed by atoms with Gasteiger partial charge in [0.05, 0.1) is 18.3 Å². The van der Waals surface area contributed by atoms with Gasteiger partial charge in [0.2, 0.25) is 6.79 Å². The topological polar surface area (TPSA) is 83.3 Å². The summed E-state index contributed by atoms with van der Waals surface area (Å²) in [4.78, 5) is 0. The monoisotopic (exact) mass is 407 g/mol. The fourth-order valence-corrected chi connectivity index (χ4v) is 4.29. The lowest BCUT2D eigenvalue weighted by atomic mass is 9.76. The number of hydrogen-bond donors (Lipinski definition) is 1. The van der Waals surface area contributed by atoms with Crippen LogP contribution in [-0.2, 0) is 5.54 Å². The summed E-state index contributed by atoms with van der Waals surface area (Å²) in [6, 6.07) is 13.8. The summed E-state index contributed by atoms with van der Waals surface area (Å²) < 4.78 is 18.1. The summed E-state index contributed by atoms with van der Waals surface area (Å²) in [6.07, 6.45) is 4.12. The number of aromatic nitrogens is 4. The number of nitrogens with zero attached hydrogens (tertiary/aromatic N) is 4. The highest BCUT2D eigenvalue weighted by Gasteiger charge is 2.41. The molecule has 0 saturated heterocycles. The van der Waals surface area contributed by atoms with Crippen LogP contribution in [0.3, 0.4) is 0 Å². The first-order valence-electron chi connectivity index (χ1n) is 10.3. The number of hydrogen-bond acceptors (Lipinski definition) is 7. The van der Waals surface area contributed by atoms with Crippen molar-refractivity contribution in [3.05, 3.63) is 48.3 Å². The van der Waals surface area contributed by atoms with Crippen LogP contribution in [0.25, 0.3) is 5.69 Å². The Labute approximate surface area is 175 Å². The lowest BCUT2D eigenvalue weighted by Gasteiger charge is -2.39. The molecule has 2 heterocycles. The molecule has 1 aliphatic heterocycles. The van der Waals surface area contributed by atoms with Crippen LogP contribution >= 0.6 is 0 Å². The normalized spacial score (nSPS) is 22.7. The molecule has 3 aromatic rings. The van der Waals surface area contributed by atoms with Gasteiger partial charge in [0, 0.05) is 11.8 Å². The van der Waals surface area contributed by atoms with Crippen LogP contribution in [-0.4, -0.2) is 34.1 Å². The predicted molar refractivity (Wildman–Crippen MR) is 111 cm³/mol. The highest BCUT2D eigenvalue weighted by atomic mass is 16.7. The van der Waals surface area contributed by atoms with Crippen molar-refractivity contribution >= 4 is 5.69 Å². The molecule has 30 heavy (non-hydrogen) atoms. The van der Waals surface area contributed by atoms with Crippen molar-refractivity contribution in [2.24, 2.45) is 5.92 Å². The number of benzene rings is 2. The fourth-order valence-electron chi connectivity index (χ4n) is 4.29. The van der Waals surface area contributed by atoms with E-state index in [-0.39, 0.29) is 12.3 Å². The van der Waals surface area contributed by atoms with Gasteiger partial charge >= 0.3 is 0 Å². The van der Waals surface area contributed by atoms with Gasteiger partial charge in [-0.15, -0.1) is 5.10 Å². The van der Waals surface area contributed by atoms with E-state index in [1.807, 2.05) is 47.1 Å². The molecule has 2 aliphatic rings. The highest BCUT2D eigenvalue weighted by molar-refractivity contribution is 5.52. The van der Waals surface area contributed by atoms with E-state index in [0.29, 0.717) is 11.7 Å². The summed E-state index contributed by atoms with van der Waals surface area (Å²) in [5.74, 6) is 3.78. The smallest absolute Gasteiger partial charge is 0.231 e. The van der Waals surface area contributed by atoms with E-state index in [0.717, 1.165) is 54.4 Å². The van der Waals surface area contributed by atoms with Crippen molar-refractivity contribution in [2.75, 3.05) is 19.2 Å². The number of methoxy groups -OCH3 is 1. The molecule has 8 nitrogen and oxygen atoms in total. The molecule has 2 aromatic carbocycles. The fraction of sp³-hybridized carbons (Fsp3) is 0.409. The molecule has 0 amide bonds. The Kier molecular flexibility index (Phi) is 4.69. The van der Waals surface area contributed by atoms with Gasteiger partial charge in [0.25, 0.3) is 0 Å². The van der Waals surface area contributed by atoms with Crippen LogP contribution in [0, 0.1) is 5.92 Å². The molecule has 1 aromatic heterocycles. The molecule has 0 unspecified atom stereocenters. The van der Waals surface area contributed by atoms with Crippen molar-refractivity contribution in [1.29, 1.82) is 0 Å². The summed E-state index contributed by atoms with van der Waals surface area (Å²) in [7, 11) is 1.67. The quantitative estimate of drug-likeness (QED) is 0.686. The molecule has 1 aliphatic carbocycles. The Morgan fingerprint density at radius 2 is 1.83 bits per heavy atom. The van der Waals surface area contributed by atoms with Crippen LogP contribution in [0.2, 0.25) is 0 Å². The maximum atomic E-state index is 5.55. The maximum absolute atomic E-state index is 5.55. The Hall–Kier alpha value is -3.29. The van der Waals surface area contributed by atoms with Crippen LogP contribution in [0.4, 0.5) is 5.69 Å². The second-order valence-corrected chi connectivity index (χ2v) is 8.07. The van der Waals surface area contributed by atoms with Gasteiger partial charge in [-0.3, -0.25) is 0 Å². The zero-order chi connectivity index (χ0) is 20.6. The van der Waals surface area contributed by atoms with Crippen LogP contribution in [0.1, 0.15) is 38.4 Å². The molecule has 8 heteroatoms.